The van der Waals surface area contributed by atoms with E-state index in [9.17, 15) is 10.0 Å². The fourth-order valence-electron chi connectivity index (χ4n) is 13.9. The maximum absolute atomic E-state index is 9.57. The number of rotatable bonds is 12. The number of para-hydroxylation sites is 4. The van der Waals surface area contributed by atoms with Gasteiger partial charge in [0.25, 0.3) is 0 Å². The Morgan fingerprint density at radius 3 is 0.960 bits per heavy atom. The van der Waals surface area contributed by atoms with Gasteiger partial charge in [0.05, 0.1) is 33.4 Å². The van der Waals surface area contributed by atoms with Gasteiger partial charge in [-0.25, -0.2) is 0 Å². The third-order valence-electron chi connectivity index (χ3n) is 18.7. The van der Waals surface area contributed by atoms with E-state index >= 15 is 0 Å². The summed E-state index contributed by atoms with van der Waals surface area (Å²) in [6, 6.07) is 136. The molecule has 8 heteroatoms. The Morgan fingerprint density at radius 2 is 0.530 bits per heavy atom. The molecule has 0 amide bonds. The van der Waals surface area contributed by atoms with Gasteiger partial charge < -0.3 is 29.0 Å². The first-order valence-corrected chi connectivity index (χ1v) is 34.4. The SMILES string of the molecule is Brc1ccc(N(c2ccccc2)c2ccc(-c3ccccc3)cc2)cc1.OB(O)c1ccc2c(c1)c1ccccc1n2-c1cccc2ccccc12.c1ccc(-c2ccc(N(c3ccccc3)c3ccc(-c4ccc5c(c4)c4ccccc4n5-c4cccc5ccccc45)cc3)cc2)cc1. The molecule has 18 aromatic rings. The highest BCUT2D eigenvalue weighted by Gasteiger charge is 2.20. The number of hydrogen-bond acceptors (Lipinski definition) is 4. The molecule has 2 heterocycles. The fraction of sp³-hybridized carbons (Fsp3) is 0. The molecule has 0 fully saturated rings. The lowest BCUT2D eigenvalue weighted by Gasteiger charge is -2.26. The number of hydrogen-bond donors (Lipinski definition) is 2. The van der Waals surface area contributed by atoms with Crippen LogP contribution in [-0.4, -0.2) is 26.3 Å². The molecule has 0 aliphatic heterocycles. The summed E-state index contributed by atoms with van der Waals surface area (Å²) in [6.45, 7) is 0. The standard InChI is InChI=1S/C46H32N2.C24H18BrN.C22H16BNO2/c1-3-12-33(13-4-1)34-22-27-39(28-23-34)47(38-16-5-2-6-17-38)40-29-24-35(25-30-40)37-26-31-46-43(32-37)42-19-9-10-20-45(42)48(46)44-21-11-15-36-14-7-8-18-41(36)44;25-21-13-17-24(18-14-21)26(22-9-5-2-6-10-22)23-15-11-20(12-16-23)19-7-3-1-4-8-19;25-23(26)16-12-13-22-19(14-16)18-9-3-4-10-21(18)24(22)20-11-5-7-15-6-1-2-8-17(15)20/h1-32H;1-18H;1-14,25-26H. The molecule has 0 spiro atoms. The Hall–Kier alpha value is -12.3. The topological polar surface area (TPSA) is 56.8 Å². The lowest BCUT2D eigenvalue weighted by Crippen LogP contribution is -2.29. The van der Waals surface area contributed by atoms with Crippen molar-refractivity contribution in [1.82, 2.24) is 9.13 Å². The van der Waals surface area contributed by atoms with Gasteiger partial charge in [0, 0.05) is 70.9 Å². The monoisotopic (exact) mass is 1350 g/mol. The summed E-state index contributed by atoms with van der Waals surface area (Å²) < 4.78 is 5.75. The van der Waals surface area contributed by atoms with Crippen molar-refractivity contribution in [3.8, 4) is 44.8 Å². The summed E-state index contributed by atoms with van der Waals surface area (Å²) in [5, 5.41) is 28.6. The molecule has 0 aliphatic carbocycles. The van der Waals surface area contributed by atoms with Crippen LogP contribution in [0.4, 0.5) is 34.1 Å². The number of halogens is 1. The van der Waals surface area contributed by atoms with Crippen LogP contribution in [0.15, 0.2) is 393 Å². The van der Waals surface area contributed by atoms with Crippen molar-refractivity contribution in [1.29, 1.82) is 0 Å². The quantitative estimate of drug-likeness (QED) is 0.120. The summed E-state index contributed by atoms with van der Waals surface area (Å²) in [4.78, 5) is 4.58. The van der Waals surface area contributed by atoms with E-state index in [1.54, 1.807) is 6.07 Å². The molecule has 0 saturated carbocycles. The van der Waals surface area contributed by atoms with E-state index in [0.29, 0.717) is 5.46 Å². The van der Waals surface area contributed by atoms with Crippen molar-refractivity contribution >= 4 is 128 Å². The molecule has 0 atom stereocenters. The van der Waals surface area contributed by atoms with Gasteiger partial charge in [0.15, 0.2) is 0 Å². The summed E-state index contributed by atoms with van der Waals surface area (Å²) in [7, 11) is -1.47. The molecule has 0 bridgehead atoms. The molecule has 2 aromatic heterocycles. The molecule has 0 saturated heterocycles. The highest BCUT2D eigenvalue weighted by atomic mass is 79.9. The average Bonchev–Trinajstić information content (AvgIpc) is 1.59. The van der Waals surface area contributed by atoms with Crippen LogP contribution in [0.2, 0.25) is 0 Å². The highest BCUT2D eigenvalue weighted by molar-refractivity contribution is 9.10. The Labute approximate surface area is 590 Å². The van der Waals surface area contributed by atoms with Crippen LogP contribution in [-0.2, 0) is 0 Å². The van der Waals surface area contributed by atoms with Crippen LogP contribution in [0, 0.1) is 0 Å². The first-order valence-electron chi connectivity index (χ1n) is 33.6. The minimum absolute atomic E-state index is 0.498. The van der Waals surface area contributed by atoms with E-state index in [4.69, 9.17) is 0 Å². The van der Waals surface area contributed by atoms with Gasteiger partial charge in [-0.15, -0.1) is 0 Å². The summed E-state index contributed by atoms with van der Waals surface area (Å²) in [6.07, 6.45) is 0. The molecule has 18 rings (SSSR count). The van der Waals surface area contributed by atoms with Crippen molar-refractivity contribution in [3.05, 3.63) is 393 Å². The molecule has 100 heavy (non-hydrogen) atoms. The van der Waals surface area contributed by atoms with E-state index in [-0.39, 0.29) is 0 Å². The van der Waals surface area contributed by atoms with Crippen LogP contribution in [0.5, 0.6) is 0 Å². The lowest BCUT2D eigenvalue weighted by atomic mass is 9.80. The van der Waals surface area contributed by atoms with Gasteiger partial charge in [-0.1, -0.05) is 277 Å². The number of anilines is 6. The van der Waals surface area contributed by atoms with Crippen molar-refractivity contribution < 1.29 is 10.0 Å². The van der Waals surface area contributed by atoms with Crippen molar-refractivity contribution in [2.75, 3.05) is 9.80 Å². The Bertz CT molecular complexity index is 5860. The van der Waals surface area contributed by atoms with E-state index in [1.807, 2.05) is 42.5 Å². The molecule has 476 valence electrons. The second-order valence-electron chi connectivity index (χ2n) is 24.8. The molecule has 0 aliphatic rings. The largest absolute Gasteiger partial charge is 0.488 e. The zero-order valence-corrected chi connectivity index (χ0v) is 56.2. The maximum Gasteiger partial charge on any atom is 0.488 e. The summed E-state index contributed by atoms with van der Waals surface area (Å²) in [5.74, 6) is 0. The molecular weight excluding hydrogens is 1280 g/mol. The third-order valence-corrected chi connectivity index (χ3v) is 19.2. The average molecular weight is 1350 g/mol. The zero-order chi connectivity index (χ0) is 67.3. The van der Waals surface area contributed by atoms with Crippen LogP contribution in [0.1, 0.15) is 0 Å². The van der Waals surface area contributed by atoms with Crippen LogP contribution in [0.3, 0.4) is 0 Å². The summed E-state index contributed by atoms with van der Waals surface area (Å²) >= 11 is 3.52. The Morgan fingerprint density at radius 1 is 0.230 bits per heavy atom. The van der Waals surface area contributed by atoms with Gasteiger partial charge in [-0.3, -0.25) is 0 Å². The van der Waals surface area contributed by atoms with E-state index < -0.39 is 7.12 Å². The van der Waals surface area contributed by atoms with E-state index in [0.717, 1.165) is 66.1 Å². The van der Waals surface area contributed by atoms with Crippen LogP contribution >= 0.6 is 15.9 Å². The van der Waals surface area contributed by atoms with Crippen LogP contribution in [0.25, 0.3) is 110 Å². The Kier molecular flexibility index (Phi) is 17.5. The molecule has 2 N–H and O–H groups in total. The number of benzene rings is 16. The molecule has 0 unspecified atom stereocenters. The molecule has 16 aromatic carbocycles. The normalized spacial score (nSPS) is 11.2. The second-order valence-corrected chi connectivity index (χ2v) is 25.7. The summed E-state index contributed by atoms with van der Waals surface area (Å²) in [5.41, 5.74) is 21.4. The minimum atomic E-state index is -1.47. The second kappa shape index (κ2) is 28.0. The zero-order valence-electron chi connectivity index (χ0n) is 54.6. The predicted molar refractivity (Wildman–Crippen MR) is 426 cm³/mol. The highest BCUT2D eigenvalue weighted by Crippen LogP contribution is 2.42. The van der Waals surface area contributed by atoms with Gasteiger partial charge in [-0.2, -0.15) is 0 Å². The van der Waals surface area contributed by atoms with Gasteiger partial charge in [0.2, 0.25) is 0 Å². The van der Waals surface area contributed by atoms with Gasteiger partial charge in [-0.05, 0) is 177 Å². The van der Waals surface area contributed by atoms with Gasteiger partial charge in [0.1, 0.15) is 0 Å². The first kappa shape index (κ1) is 62.5. The predicted octanol–water partition coefficient (Wildman–Crippen LogP) is 23.9. The van der Waals surface area contributed by atoms with Crippen molar-refractivity contribution in [3.63, 3.8) is 0 Å². The first-order chi connectivity index (χ1) is 49.4. The smallest absolute Gasteiger partial charge is 0.423 e. The van der Waals surface area contributed by atoms with Crippen molar-refractivity contribution in [2.24, 2.45) is 0 Å². The fourth-order valence-corrected chi connectivity index (χ4v) is 14.2. The number of aromatic nitrogens is 2. The number of fused-ring (bicyclic) bond motifs is 8. The van der Waals surface area contributed by atoms with E-state index in [1.165, 1.54) is 82.4 Å². The van der Waals surface area contributed by atoms with Crippen molar-refractivity contribution in [2.45, 2.75) is 0 Å². The maximum atomic E-state index is 9.57. The van der Waals surface area contributed by atoms with Crippen LogP contribution < -0.4 is 15.3 Å². The molecule has 6 nitrogen and oxygen atoms in total. The molecular formula is C92H66BBrN4O2. The third kappa shape index (κ3) is 12.5. The van der Waals surface area contributed by atoms with E-state index in [2.05, 4.69) is 375 Å². The minimum Gasteiger partial charge on any atom is -0.423 e. The lowest BCUT2D eigenvalue weighted by molar-refractivity contribution is 0.426. The Balaban J connectivity index is 0.000000127. The number of nitrogens with zero attached hydrogens (tertiary/aromatic N) is 4. The molecule has 0 radical (unpaired) electrons. The van der Waals surface area contributed by atoms with Gasteiger partial charge >= 0.3 is 7.12 Å².